The van der Waals surface area contributed by atoms with Crippen LogP contribution in [0.15, 0.2) is 30.3 Å². The lowest BCUT2D eigenvalue weighted by molar-refractivity contribution is -0.431. The molecule has 1 heterocycles. The smallest absolute Gasteiger partial charge is 0.303 e. The summed E-state index contributed by atoms with van der Waals surface area (Å²) in [7, 11) is 0. The van der Waals surface area contributed by atoms with Crippen LogP contribution in [-0.2, 0) is 59.2 Å². The van der Waals surface area contributed by atoms with E-state index in [4.69, 9.17) is 33.5 Å². The average molecular weight is 483 g/mol. The number of hydrogen-bond acceptors (Lipinski definition) is 11. The monoisotopic (exact) mass is 483 g/mol. The molecule has 1 amide bonds. The quantitative estimate of drug-likeness (QED) is 0.119. The fourth-order valence-corrected chi connectivity index (χ4v) is 3.24. The minimum Gasteiger partial charge on any atom is -0.463 e. The molecule has 1 aliphatic rings. The van der Waals surface area contributed by atoms with E-state index in [0.717, 1.165) is 19.4 Å². The molecule has 2 rings (SSSR count). The van der Waals surface area contributed by atoms with Crippen molar-refractivity contribution >= 4 is 23.8 Å². The third kappa shape index (κ3) is 9.06. The van der Waals surface area contributed by atoms with Crippen molar-refractivity contribution < 1.29 is 52.6 Å². The predicted octanol–water partition coefficient (Wildman–Crippen LogP) is 0.765. The number of amides is 1. The zero-order chi connectivity index (χ0) is 25.1. The Balaban J connectivity index is 2.15. The summed E-state index contributed by atoms with van der Waals surface area (Å²) < 4.78 is 26.8. The fourth-order valence-electron chi connectivity index (χ4n) is 3.24. The largest absolute Gasteiger partial charge is 0.463 e. The standard InChI is InChI=1S/C22H29NO11/c1-13(24)23-19-21(32-16(4)27)20(31-15(3)26)18(11-29-14(2)25)33-22(19)34-30-12-28-10-17-8-6-5-7-9-17/h5-9,18-22H,10-12H2,1-4H3,(H,23,24). The van der Waals surface area contributed by atoms with Crippen molar-refractivity contribution in [1.82, 2.24) is 5.32 Å². The molecule has 1 fully saturated rings. The van der Waals surface area contributed by atoms with Gasteiger partial charge in [0.15, 0.2) is 19.0 Å². The van der Waals surface area contributed by atoms with Crippen LogP contribution in [0.2, 0.25) is 0 Å². The molecule has 1 aliphatic heterocycles. The number of esters is 3. The highest BCUT2D eigenvalue weighted by molar-refractivity contribution is 5.73. The lowest BCUT2D eigenvalue weighted by Crippen LogP contribution is -2.66. The van der Waals surface area contributed by atoms with E-state index in [-0.39, 0.29) is 20.0 Å². The van der Waals surface area contributed by atoms with Gasteiger partial charge in [0.2, 0.25) is 12.2 Å². The molecule has 1 aromatic rings. The van der Waals surface area contributed by atoms with E-state index in [1.165, 1.54) is 13.8 Å². The minimum absolute atomic E-state index is 0.254. The molecule has 12 nitrogen and oxygen atoms in total. The van der Waals surface area contributed by atoms with Gasteiger partial charge in [-0.25, -0.2) is 4.89 Å². The summed E-state index contributed by atoms with van der Waals surface area (Å²) in [6, 6.07) is 8.21. The van der Waals surface area contributed by atoms with Gasteiger partial charge in [-0.15, -0.1) is 0 Å². The molecule has 34 heavy (non-hydrogen) atoms. The molecule has 0 aliphatic carbocycles. The third-order valence-electron chi connectivity index (χ3n) is 4.48. The molecule has 1 saturated heterocycles. The van der Waals surface area contributed by atoms with Crippen molar-refractivity contribution in [3.8, 4) is 0 Å². The van der Waals surface area contributed by atoms with E-state index in [9.17, 15) is 19.2 Å². The van der Waals surface area contributed by atoms with E-state index in [1.54, 1.807) is 0 Å². The van der Waals surface area contributed by atoms with Gasteiger partial charge in [0, 0.05) is 27.7 Å². The van der Waals surface area contributed by atoms with Crippen molar-refractivity contribution in [3.63, 3.8) is 0 Å². The topological polar surface area (TPSA) is 145 Å². The highest BCUT2D eigenvalue weighted by Crippen LogP contribution is 2.28. The Bertz CT molecular complexity index is 831. The third-order valence-corrected chi connectivity index (χ3v) is 4.48. The van der Waals surface area contributed by atoms with Gasteiger partial charge >= 0.3 is 17.9 Å². The van der Waals surface area contributed by atoms with Gasteiger partial charge in [0.05, 0.1) is 6.61 Å². The normalized spacial score (nSPS) is 24.1. The van der Waals surface area contributed by atoms with Crippen LogP contribution >= 0.6 is 0 Å². The molecule has 5 unspecified atom stereocenters. The average Bonchev–Trinajstić information content (AvgIpc) is 2.75. The maximum absolute atomic E-state index is 11.8. The zero-order valence-electron chi connectivity index (χ0n) is 19.4. The maximum Gasteiger partial charge on any atom is 0.303 e. The summed E-state index contributed by atoms with van der Waals surface area (Å²) >= 11 is 0. The Labute approximate surface area is 196 Å². The molecule has 188 valence electrons. The number of rotatable bonds is 11. The van der Waals surface area contributed by atoms with Gasteiger partial charge in [-0.05, 0) is 5.56 Å². The number of benzene rings is 1. The molecule has 0 spiro atoms. The molecule has 1 aromatic carbocycles. The number of hydrogen-bond donors (Lipinski definition) is 1. The van der Waals surface area contributed by atoms with Gasteiger partial charge in [0.25, 0.3) is 0 Å². The van der Waals surface area contributed by atoms with Crippen LogP contribution in [0.25, 0.3) is 0 Å². The highest BCUT2D eigenvalue weighted by Gasteiger charge is 2.51. The lowest BCUT2D eigenvalue weighted by atomic mass is 9.96. The first-order chi connectivity index (χ1) is 16.2. The molecular weight excluding hydrogens is 454 g/mol. The molecule has 0 radical (unpaired) electrons. The van der Waals surface area contributed by atoms with Crippen LogP contribution in [-0.4, -0.2) is 67.9 Å². The molecule has 0 saturated carbocycles. The Hall–Kier alpha value is -3.06. The van der Waals surface area contributed by atoms with E-state index < -0.39 is 54.5 Å². The minimum atomic E-state index is -1.33. The van der Waals surface area contributed by atoms with Gasteiger partial charge in [0.1, 0.15) is 18.8 Å². The van der Waals surface area contributed by atoms with Crippen LogP contribution in [0.1, 0.15) is 33.3 Å². The Morgan fingerprint density at radius 3 is 2.15 bits per heavy atom. The Kier molecular flexibility index (Phi) is 10.9. The summed E-state index contributed by atoms with van der Waals surface area (Å²) in [6.07, 6.45) is -4.88. The first kappa shape index (κ1) is 27.2. The van der Waals surface area contributed by atoms with E-state index in [1.807, 2.05) is 30.3 Å². The Morgan fingerprint density at radius 2 is 1.56 bits per heavy atom. The molecule has 0 aromatic heterocycles. The summed E-state index contributed by atoms with van der Waals surface area (Å²) in [4.78, 5) is 57.1. The van der Waals surface area contributed by atoms with Gasteiger partial charge in [-0.3, -0.25) is 19.2 Å². The van der Waals surface area contributed by atoms with Crippen LogP contribution in [0.5, 0.6) is 0 Å². The molecule has 5 atom stereocenters. The number of carbonyl (C=O) groups is 4. The fraction of sp³-hybridized carbons (Fsp3) is 0.545. The summed E-state index contributed by atoms with van der Waals surface area (Å²) in [6.45, 7) is 4.34. The summed E-state index contributed by atoms with van der Waals surface area (Å²) in [5.41, 5.74) is 0.914. The van der Waals surface area contributed by atoms with Crippen LogP contribution < -0.4 is 5.32 Å². The van der Waals surface area contributed by atoms with Crippen molar-refractivity contribution in [2.45, 2.75) is 64.9 Å². The summed E-state index contributed by atoms with van der Waals surface area (Å²) in [5.74, 6) is -2.53. The van der Waals surface area contributed by atoms with Crippen LogP contribution in [0, 0.1) is 0 Å². The van der Waals surface area contributed by atoms with E-state index >= 15 is 0 Å². The van der Waals surface area contributed by atoms with Crippen molar-refractivity contribution in [2.75, 3.05) is 13.4 Å². The number of nitrogens with one attached hydrogen (secondary N) is 1. The molecule has 1 N–H and O–H groups in total. The first-order valence-electron chi connectivity index (χ1n) is 10.5. The first-order valence-corrected chi connectivity index (χ1v) is 10.5. The van der Waals surface area contributed by atoms with Gasteiger partial charge in [-0.2, -0.15) is 4.89 Å². The number of carbonyl (C=O) groups excluding carboxylic acids is 4. The highest BCUT2D eigenvalue weighted by atomic mass is 17.2. The van der Waals surface area contributed by atoms with E-state index in [0.29, 0.717) is 0 Å². The second-order valence-corrected chi connectivity index (χ2v) is 7.39. The summed E-state index contributed by atoms with van der Waals surface area (Å²) in [5, 5.41) is 2.56. The molecule has 12 heteroatoms. The lowest BCUT2D eigenvalue weighted by Gasteiger charge is -2.44. The van der Waals surface area contributed by atoms with E-state index in [2.05, 4.69) is 5.32 Å². The van der Waals surface area contributed by atoms with Gasteiger partial charge in [-0.1, -0.05) is 30.3 Å². The molecule has 0 bridgehead atoms. The SMILES string of the molecule is CC(=O)NC1C(OOCOCc2ccccc2)OC(COC(C)=O)C(OC(C)=O)C1OC(C)=O. The zero-order valence-corrected chi connectivity index (χ0v) is 19.4. The molecular formula is C22H29NO11. The van der Waals surface area contributed by atoms with Crippen LogP contribution in [0.4, 0.5) is 0 Å². The van der Waals surface area contributed by atoms with Crippen molar-refractivity contribution in [3.05, 3.63) is 35.9 Å². The predicted molar refractivity (Wildman–Crippen MR) is 112 cm³/mol. The number of ether oxygens (including phenoxy) is 5. The Morgan fingerprint density at radius 1 is 0.912 bits per heavy atom. The van der Waals surface area contributed by atoms with Crippen LogP contribution in [0.3, 0.4) is 0 Å². The second-order valence-electron chi connectivity index (χ2n) is 7.39. The van der Waals surface area contributed by atoms with Crippen molar-refractivity contribution in [1.29, 1.82) is 0 Å². The maximum atomic E-state index is 11.8. The van der Waals surface area contributed by atoms with Crippen molar-refractivity contribution in [2.24, 2.45) is 0 Å². The van der Waals surface area contributed by atoms with Gasteiger partial charge < -0.3 is 29.0 Å². The second kappa shape index (κ2) is 13.6.